The van der Waals surface area contributed by atoms with Crippen molar-refractivity contribution in [2.75, 3.05) is 31.1 Å². The molecule has 1 unspecified atom stereocenters. The van der Waals surface area contributed by atoms with Gasteiger partial charge in [0.1, 0.15) is 5.75 Å². The lowest BCUT2D eigenvalue weighted by Crippen LogP contribution is -2.48. The van der Waals surface area contributed by atoms with Crippen molar-refractivity contribution in [3.8, 4) is 5.75 Å². The number of hydrogen-bond acceptors (Lipinski definition) is 3. The fourth-order valence-corrected chi connectivity index (χ4v) is 2.61. The highest BCUT2D eigenvalue weighted by molar-refractivity contribution is 5.51. The molecule has 3 nitrogen and oxygen atoms in total. The molecule has 1 aromatic rings. The summed E-state index contributed by atoms with van der Waals surface area (Å²) in [6.45, 7) is 10.6. The second-order valence-corrected chi connectivity index (χ2v) is 5.55. The van der Waals surface area contributed by atoms with Gasteiger partial charge in [-0.1, -0.05) is 13.0 Å². The predicted octanol–water partition coefficient (Wildman–Crippen LogP) is 3.05. The minimum Gasteiger partial charge on any atom is -0.494 e. The van der Waals surface area contributed by atoms with Gasteiger partial charge in [0.15, 0.2) is 0 Å². The molecule has 1 atom stereocenters. The summed E-state index contributed by atoms with van der Waals surface area (Å²) in [5.41, 5.74) is 1.48. The lowest BCUT2D eigenvalue weighted by atomic mass is 9.98. The lowest BCUT2D eigenvalue weighted by molar-refractivity contribution is 0.340. The van der Waals surface area contributed by atoms with Crippen LogP contribution >= 0.6 is 0 Å². The van der Waals surface area contributed by atoms with Gasteiger partial charge in [0.05, 0.1) is 6.61 Å². The minimum atomic E-state index is 0.206. The summed E-state index contributed by atoms with van der Waals surface area (Å²) in [5, 5.41) is 3.67. The zero-order valence-electron chi connectivity index (χ0n) is 12.4. The van der Waals surface area contributed by atoms with Crippen molar-refractivity contribution in [2.45, 2.75) is 39.2 Å². The van der Waals surface area contributed by atoms with Crippen LogP contribution in [-0.4, -0.2) is 31.8 Å². The van der Waals surface area contributed by atoms with E-state index in [1.54, 1.807) is 0 Å². The van der Waals surface area contributed by atoms with Gasteiger partial charge in [-0.05, 0) is 45.4 Å². The van der Waals surface area contributed by atoms with Crippen LogP contribution in [-0.2, 0) is 0 Å². The van der Waals surface area contributed by atoms with Crippen LogP contribution in [0.3, 0.4) is 0 Å². The molecule has 2 rings (SSSR count). The molecule has 0 aliphatic carbocycles. The van der Waals surface area contributed by atoms with Crippen molar-refractivity contribution in [1.29, 1.82) is 0 Å². The van der Waals surface area contributed by atoms with E-state index in [0.717, 1.165) is 38.4 Å². The first-order chi connectivity index (χ1) is 9.17. The molecule has 106 valence electrons. The van der Waals surface area contributed by atoms with Gasteiger partial charge in [-0.15, -0.1) is 0 Å². The Labute approximate surface area is 116 Å². The highest BCUT2D eigenvalue weighted by Crippen LogP contribution is 2.25. The average Bonchev–Trinajstić information content (AvgIpc) is 2.62. The van der Waals surface area contributed by atoms with E-state index in [1.807, 2.05) is 13.0 Å². The Morgan fingerprint density at radius 1 is 1.37 bits per heavy atom. The SMILES string of the molecule is CCOc1cccc(N2CCCNC(C)(CC)C2)c1. The summed E-state index contributed by atoms with van der Waals surface area (Å²) in [4.78, 5) is 2.48. The standard InChI is InChI=1S/C16H26N2O/c1-4-16(3)13-18(11-7-10-17-16)14-8-6-9-15(12-14)19-5-2/h6,8-9,12,17H,4-5,7,10-11,13H2,1-3H3. The number of hydrogen-bond donors (Lipinski definition) is 1. The van der Waals surface area contributed by atoms with Crippen LogP contribution in [0.15, 0.2) is 24.3 Å². The van der Waals surface area contributed by atoms with E-state index < -0.39 is 0 Å². The van der Waals surface area contributed by atoms with Crippen LogP contribution in [0.5, 0.6) is 5.75 Å². The molecule has 0 amide bonds. The molecule has 1 aliphatic rings. The van der Waals surface area contributed by atoms with Crippen LogP contribution in [0.4, 0.5) is 5.69 Å². The first kappa shape index (κ1) is 14.2. The molecule has 1 aliphatic heterocycles. The molecule has 0 aromatic heterocycles. The summed E-state index contributed by atoms with van der Waals surface area (Å²) in [6.07, 6.45) is 2.34. The Balaban J connectivity index is 2.17. The Morgan fingerprint density at radius 3 is 2.95 bits per heavy atom. The highest BCUT2D eigenvalue weighted by Gasteiger charge is 2.27. The summed E-state index contributed by atoms with van der Waals surface area (Å²) in [7, 11) is 0. The van der Waals surface area contributed by atoms with Gasteiger partial charge in [0, 0.05) is 30.4 Å². The third-order valence-electron chi connectivity index (χ3n) is 3.97. The summed E-state index contributed by atoms with van der Waals surface area (Å²) < 4.78 is 5.60. The Kier molecular flexibility index (Phi) is 4.70. The highest BCUT2D eigenvalue weighted by atomic mass is 16.5. The number of benzene rings is 1. The second kappa shape index (κ2) is 6.29. The molecular weight excluding hydrogens is 236 g/mol. The van der Waals surface area contributed by atoms with Gasteiger partial charge in [-0.3, -0.25) is 0 Å². The van der Waals surface area contributed by atoms with E-state index in [4.69, 9.17) is 4.74 Å². The van der Waals surface area contributed by atoms with Crippen molar-refractivity contribution in [3.63, 3.8) is 0 Å². The summed E-state index contributed by atoms with van der Waals surface area (Å²) in [6, 6.07) is 8.46. The third kappa shape index (κ3) is 3.63. The Bertz CT molecular complexity index is 407. The molecule has 0 radical (unpaired) electrons. The fourth-order valence-electron chi connectivity index (χ4n) is 2.61. The van der Waals surface area contributed by atoms with Crippen LogP contribution in [0.1, 0.15) is 33.6 Å². The Morgan fingerprint density at radius 2 is 2.21 bits per heavy atom. The van der Waals surface area contributed by atoms with Crippen molar-refractivity contribution in [2.24, 2.45) is 0 Å². The first-order valence-electron chi connectivity index (χ1n) is 7.40. The minimum absolute atomic E-state index is 0.206. The summed E-state index contributed by atoms with van der Waals surface area (Å²) >= 11 is 0. The molecule has 1 heterocycles. The molecule has 1 N–H and O–H groups in total. The van der Waals surface area contributed by atoms with Gasteiger partial charge >= 0.3 is 0 Å². The number of rotatable bonds is 4. The topological polar surface area (TPSA) is 24.5 Å². The number of nitrogens with zero attached hydrogens (tertiary/aromatic N) is 1. The normalized spacial score (nSPS) is 24.1. The number of ether oxygens (including phenoxy) is 1. The van der Waals surface area contributed by atoms with E-state index in [0.29, 0.717) is 0 Å². The van der Waals surface area contributed by atoms with E-state index >= 15 is 0 Å². The number of nitrogens with one attached hydrogen (secondary N) is 1. The summed E-state index contributed by atoms with van der Waals surface area (Å²) in [5.74, 6) is 0.968. The van der Waals surface area contributed by atoms with E-state index in [2.05, 4.69) is 42.3 Å². The van der Waals surface area contributed by atoms with Crippen molar-refractivity contribution >= 4 is 5.69 Å². The van der Waals surface area contributed by atoms with Crippen molar-refractivity contribution < 1.29 is 4.74 Å². The second-order valence-electron chi connectivity index (χ2n) is 5.55. The average molecular weight is 262 g/mol. The van der Waals surface area contributed by atoms with Gasteiger partial charge in [0.2, 0.25) is 0 Å². The van der Waals surface area contributed by atoms with Gasteiger partial charge in [-0.25, -0.2) is 0 Å². The molecular formula is C16H26N2O. The van der Waals surface area contributed by atoms with Crippen LogP contribution in [0.2, 0.25) is 0 Å². The van der Waals surface area contributed by atoms with Crippen LogP contribution < -0.4 is 15.0 Å². The van der Waals surface area contributed by atoms with E-state index in [-0.39, 0.29) is 5.54 Å². The quantitative estimate of drug-likeness (QED) is 0.902. The predicted molar refractivity (Wildman–Crippen MR) is 81.1 cm³/mol. The van der Waals surface area contributed by atoms with Gasteiger partial charge in [-0.2, -0.15) is 0 Å². The molecule has 1 aromatic carbocycles. The van der Waals surface area contributed by atoms with E-state index in [1.165, 1.54) is 12.1 Å². The maximum absolute atomic E-state index is 5.60. The van der Waals surface area contributed by atoms with Gasteiger partial charge in [0.25, 0.3) is 0 Å². The molecule has 19 heavy (non-hydrogen) atoms. The van der Waals surface area contributed by atoms with Crippen molar-refractivity contribution in [3.05, 3.63) is 24.3 Å². The molecule has 0 bridgehead atoms. The molecule has 1 saturated heterocycles. The molecule has 0 spiro atoms. The molecule has 0 saturated carbocycles. The largest absolute Gasteiger partial charge is 0.494 e. The zero-order chi connectivity index (χ0) is 13.7. The van der Waals surface area contributed by atoms with Crippen LogP contribution in [0, 0.1) is 0 Å². The Hall–Kier alpha value is -1.22. The monoisotopic (exact) mass is 262 g/mol. The maximum atomic E-state index is 5.60. The van der Waals surface area contributed by atoms with Gasteiger partial charge < -0.3 is 15.0 Å². The first-order valence-corrected chi connectivity index (χ1v) is 7.40. The lowest BCUT2D eigenvalue weighted by Gasteiger charge is -2.34. The third-order valence-corrected chi connectivity index (χ3v) is 3.97. The molecule has 3 heteroatoms. The zero-order valence-corrected chi connectivity index (χ0v) is 12.4. The van der Waals surface area contributed by atoms with E-state index in [9.17, 15) is 0 Å². The smallest absolute Gasteiger partial charge is 0.121 e. The number of anilines is 1. The van der Waals surface area contributed by atoms with Crippen LogP contribution in [0.25, 0.3) is 0 Å². The molecule has 1 fully saturated rings. The van der Waals surface area contributed by atoms with Crippen molar-refractivity contribution in [1.82, 2.24) is 5.32 Å². The fraction of sp³-hybridized carbons (Fsp3) is 0.625. The maximum Gasteiger partial charge on any atom is 0.121 e.